The smallest absolute Gasteiger partial charge is 0.105 e. The van der Waals surface area contributed by atoms with Gasteiger partial charge in [-0.1, -0.05) is 0 Å². The van der Waals surface area contributed by atoms with E-state index in [1.165, 1.54) is 36.0 Å². The maximum Gasteiger partial charge on any atom is 0.105 e. The molecular formula is C11H12N2S. The molecule has 0 bridgehead atoms. The summed E-state index contributed by atoms with van der Waals surface area (Å²) in [6, 6.07) is 4.44. The van der Waals surface area contributed by atoms with E-state index in [0.29, 0.717) is 0 Å². The number of thioether (sulfide) groups is 1. The van der Waals surface area contributed by atoms with E-state index in [-0.39, 0.29) is 0 Å². The Morgan fingerprint density at radius 1 is 1.50 bits per heavy atom. The lowest BCUT2D eigenvalue weighted by atomic mass is 10.2. The first-order valence-corrected chi connectivity index (χ1v) is 6.14. The van der Waals surface area contributed by atoms with Gasteiger partial charge in [-0.15, -0.1) is 11.8 Å². The Kier molecular flexibility index (Phi) is 1.80. The van der Waals surface area contributed by atoms with E-state index < -0.39 is 0 Å². The van der Waals surface area contributed by atoms with Gasteiger partial charge in [-0.3, -0.25) is 0 Å². The van der Waals surface area contributed by atoms with Crippen molar-refractivity contribution in [3.63, 3.8) is 0 Å². The van der Waals surface area contributed by atoms with Crippen LogP contribution in [-0.2, 0) is 13.0 Å². The Hall–Kier alpha value is -0.960. The quantitative estimate of drug-likeness (QED) is 0.665. The molecule has 0 fully saturated rings. The molecule has 14 heavy (non-hydrogen) atoms. The second-order valence-electron chi connectivity index (χ2n) is 3.64. The molecule has 0 aliphatic carbocycles. The van der Waals surface area contributed by atoms with Crippen molar-refractivity contribution in [1.82, 2.24) is 9.55 Å². The van der Waals surface area contributed by atoms with E-state index in [4.69, 9.17) is 0 Å². The number of nitrogens with zero attached hydrogens (tertiary/aromatic N) is 2. The number of fused-ring (bicyclic) bond motifs is 3. The van der Waals surface area contributed by atoms with Crippen molar-refractivity contribution in [2.45, 2.75) is 24.4 Å². The fourth-order valence-electron chi connectivity index (χ4n) is 2.27. The third kappa shape index (κ3) is 1.02. The van der Waals surface area contributed by atoms with Crippen LogP contribution < -0.4 is 0 Å². The fraction of sp³-hybridized carbons (Fsp3) is 0.364. The second kappa shape index (κ2) is 3.02. The van der Waals surface area contributed by atoms with Crippen LogP contribution in [0.15, 0.2) is 23.4 Å². The summed E-state index contributed by atoms with van der Waals surface area (Å²) in [5, 5.41) is 2.49. The van der Waals surface area contributed by atoms with Crippen molar-refractivity contribution >= 4 is 22.7 Å². The summed E-state index contributed by atoms with van der Waals surface area (Å²) < 4.78 is 2.43. The first-order chi connectivity index (χ1) is 6.90. The van der Waals surface area contributed by atoms with Gasteiger partial charge in [-0.25, -0.2) is 4.98 Å². The van der Waals surface area contributed by atoms with Crippen LogP contribution in [0, 0.1) is 0 Å². The third-order valence-corrected chi connectivity index (χ3v) is 3.60. The van der Waals surface area contributed by atoms with Crippen molar-refractivity contribution in [3.8, 4) is 0 Å². The molecule has 0 unspecified atom stereocenters. The zero-order chi connectivity index (χ0) is 9.54. The zero-order valence-corrected chi connectivity index (χ0v) is 8.97. The van der Waals surface area contributed by atoms with Crippen LogP contribution in [0.4, 0.5) is 0 Å². The lowest BCUT2D eigenvalue weighted by Gasteiger charge is -2.01. The van der Waals surface area contributed by atoms with Crippen molar-refractivity contribution in [2.24, 2.45) is 0 Å². The predicted octanol–water partition coefficient (Wildman–Crippen LogP) is 2.70. The SMILES string of the molecule is CSc1nccc2c1cc1n2CCC1. The molecule has 0 atom stereocenters. The summed E-state index contributed by atoms with van der Waals surface area (Å²) in [6.45, 7) is 1.18. The van der Waals surface area contributed by atoms with Gasteiger partial charge in [-0.05, 0) is 31.2 Å². The largest absolute Gasteiger partial charge is 0.344 e. The van der Waals surface area contributed by atoms with Crippen LogP contribution >= 0.6 is 11.8 Å². The van der Waals surface area contributed by atoms with Gasteiger partial charge in [0.25, 0.3) is 0 Å². The Balaban J connectivity index is 2.36. The molecule has 0 aromatic carbocycles. The minimum atomic E-state index is 1.16. The average Bonchev–Trinajstić information content (AvgIpc) is 2.76. The van der Waals surface area contributed by atoms with Crippen LogP contribution in [0.1, 0.15) is 12.1 Å². The normalized spacial score (nSPS) is 14.9. The van der Waals surface area contributed by atoms with Crippen molar-refractivity contribution in [3.05, 3.63) is 24.0 Å². The maximum atomic E-state index is 4.39. The molecule has 0 saturated heterocycles. The minimum Gasteiger partial charge on any atom is -0.344 e. The molecule has 2 aromatic heterocycles. The molecule has 1 aliphatic heterocycles. The van der Waals surface area contributed by atoms with E-state index >= 15 is 0 Å². The van der Waals surface area contributed by atoms with Crippen LogP contribution in [0.3, 0.4) is 0 Å². The highest BCUT2D eigenvalue weighted by Gasteiger charge is 2.15. The van der Waals surface area contributed by atoms with E-state index in [1.807, 2.05) is 6.20 Å². The fourth-order valence-corrected chi connectivity index (χ4v) is 2.82. The predicted molar refractivity (Wildman–Crippen MR) is 59.8 cm³/mol. The summed E-state index contributed by atoms with van der Waals surface area (Å²) in [7, 11) is 0. The van der Waals surface area contributed by atoms with Gasteiger partial charge in [0.05, 0.1) is 5.52 Å². The molecule has 0 amide bonds. The maximum absolute atomic E-state index is 4.39. The number of aromatic nitrogens is 2. The van der Waals surface area contributed by atoms with E-state index in [9.17, 15) is 0 Å². The number of aryl methyl sites for hydroxylation is 2. The molecule has 0 radical (unpaired) electrons. The Labute approximate surface area is 87.3 Å². The molecule has 3 heterocycles. The van der Waals surface area contributed by atoms with E-state index in [0.717, 1.165) is 5.03 Å². The summed E-state index contributed by atoms with van der Waals surface area (Å²) >= 11 is 1.73. The van der Waals surface area contributed by atoms with Gasteiger partial charge in [0.15, 0.2) is 0 Å². The van der Waals surface area contributed by atoms with Crippen LogP contribution in [0.25, 0.3) is 10.9 Å². The molecule has 0 N–H and O–H groups in total. The standard InChI is InChI=1S/C11H12N2S/c1-14-11-9-7-8-3-2-6-13(8)10(9)4-5-12-11/h4-5,7H,2-3,6H2,1H3. The molecule has 3 heteroatoms. The van der Waals surface area contributed by atoms with Crippen molar-refractivity contribution in [2.75, 3.05) is 6.26 Å². The number of hydrogen-bond acceptors (Lipinski definition) is 2. The van der Waals surface area contributed by atoms with Gasteiger partial charge >= 0.3 is 0 Å². The molecule has 72 valence electrons. The topological polar surface area (TPSA) is 17.8 Å². The van der Waals surface area contributed by atoms with Gasteiger partial charge in [0.2, 0.25) is 0 Å². The first kappa shape index (κ1) is 8.36. The Morgan fingerprint density at radius 3 is 3.29 bits per heavy atom. The average molecular weight is 204 g/mol. The molecule has 0 spiro atoms. The summed E-state index contributed by atoms with van der Waals surface area (Å²) in [5.74, 6) is 0. The number of hydrogen-bond donors (Lipinski definition) is 0. The summed E-state index contributed by atoms with van der Waals surface area (Å²) in [4.78, 5) is 4.39. The minimum absolute atomic E-state index is 1.16. The van der Waals surface area contributed by atoms with E-state index in [1.54, 1.807) is 11.8 Å². The van der Waals surface area contributed by atoms with Gasteiger partial charge in [-0.2, -0.15) is 0 Å². The third-order valence-electron chi connectivity index (χ3n) is 2.89. The van der Waals surface area contributed by atoms with E-state index in [2.05, 4.69) is 27.9 Å². The summed E-state index contributed by atoms with van der Waals surface area (Å²) in [6.07, 6.45) is 6.52. The van der Waals surface area contributed by atoms with Crippen LogP contribution in [0.5, 0.6) is 0 Å². The number of rotatable bonds is 1. The van der Waals surface area contributed by atoms with Crippen molar-refractivity contribution < 1.29 is 0 Å². The molecule has 2 nitrogen and oxygen atoms in total. The Morgan fingerprint density at radius 2 is 2.43 bits per heavy atom. The first-order valence-electron chi connectivity index (χ1n) is 4.91. The van der Waals surface area contributed by atoms with Crippen LogP contribution in [0.2, 0.25) is 0 Å². The van der Waals surface area contributed by atoms with Crippen molar-refractivity contribution in [1.29, 1.82) is 0 Å². The molecule has 1 aliphatic rings. The lowest BCUT2D eigenvalue weighted by molar-refractivity contribution is 0.771. The summed E-state index contributed by atoms with van der Waals surface area (Å²) in [5.41, 5.74) is 2.83. The van der Waals surface area contributed by atoms with Crippen LogP contribution in [-0.4, -0.2) is 15.8 Å². The lowest BCUT2D eigenvalue weighted by Crippen LogP contribution is -1.91. The molecule has 2 aromatic rings. The highest BCUT2D eigenvalue weighted by atomic mass is 32.2. The van der Waals surface area contributed by atoms with Gasteiger partial charge < -0.3 is 4.57 Å². The molecular weight excluding hydrogens is 192 g/mol. The highest BCUT2D eigenvalue weighted by Crippen LogP contribution is 2.30. The second-order valence-corrected chi connectivity index (χ2v) is 4.44. The van der Waals surface area contributed by atoms with Gasteiger partial charge in [0, 0.05) is 23.8 Å². The Bertz CT molecular complexity index is 487. The van der Waals surface area contributed by atoms with Gasteiger partial charge in [0.1, 0.15) is 5.03 Å². The molecule has 0 saturated carbocycles. The zero-order valence-electron chi connectivity index (χ0n) is 8.16. The monoisotopic (exact) mass is 204 g/mol. The molecule has 3 rings (SSSR count). The highest BCUT2D eigenvalue weighted by molar-refractivity contribution is 7.98. The number of pyridine rings is 1.